The molecule has 3 heteroatoms. The second-order valence-electron chi connectivity index (χ2n) is 6.12. The van der Waals surface area contributed by atoms with Crippen molar-refractivity contribution in [3.8, 4) is 0 Å². The molecule has 0 heterocycles. The van der Waals surface area contributed by atoms with E-state index in [2.05, 4.69) is 33.8 Å². The first-order chi connectivity index (χ1) is 14.3. The Morgan fingerprint density at radius 3 is 0.793 bits per heavy atom. The van der Waals surface area contributed by atoms with Gasteiger partial charge in [-0.1, -0.05) is 79.7 Å². The van der Waals surface area contributed by atoms with Gasteiger partial charge in [0.1, 0.15) is 16.3 Å². The van der Waals surface area contributed by atoms with Gasteiger partial charge in [0.25, 0.3) is 0 Å². The molecule has 4 aromatic rings. The van der Waals surface area contributed by atoms with Crippen LogP contribution in [0.5, 0.6) is 0 Å². The van der Waals surface area contributed by atoms with Crippen molar-refractivity contribution in [2.24, 2.45) is 0 Å². The van der Waals surface area contributed by atoms with E-state index in [0.29, 0.717) is 0 Å². The molecule has 0 spiro atoms. The number of nitrogens with one attached hydrogen (secondary N) is 2. The average Bonchev–Trinajstić information content (AvgIpc) is 2.78. The third-order valence-electron chi connectivity index (χ3n) is 3.67. The highest BCUT2D eigenvalue weighted by Gasteiger charge is 1.90. The van der Waals surface area contributed by atoms with Crippen LogP contribution in [0.15, 0.2) is 121 Å². The fraction of sp³-hybridized carbons (Fsp3) is 0.0769. The summed E-state index contributed by atoms with van der Waals surface area (Å²) in [7, 11) is 0. The molecule has 4 aromatic carbocycles. The van der Waals surface area contributed by atoms with E-state index in [1.165, 1.54) is 5.28 Å². The Hall–Kier alpha value is -2.99. The highest BCUT2D eigenvalue weighted by atomic mass is 27.0. The molecule has 4 rings (SSSR count). The fourth-order valence-corrected chi connectivity index (χ4v) is 2.42. The first-order valence-electron chi connectivity index (χ1n) is 9.76. The van der Waals surface area contributed by atoms with Crippen LogP contribution < -0.4 is 10.6 Å². The van der Waals surface area contributed by atoms with Gasteiger partial charge >= 0.3 is 0 Å². The van der Waals surface area contributed by atoms with Gasteiger partial charge in [-0.15, -0.1) is 5.28 Å². The summed E-state index contributed by atoms with van der Waals surface area (Å²) >= 11 is 2.58. The van der Waals surface area contributed by atoms with Crippen molar-refractivity contribution in [2.75, 3.05) is 10.6 Å². The standard InChI is InChI=1S/2C12H11N.C2H5.Al/c2*1-3-7-11(8-4-1)13-12-9-5-2-6-10-12;1-2;/h2*1-10,13H;1H2,2H3;. The molecule has 0 fully saturated rings. The van der Waals surface area contributed by atoms with E-state index in [9.17, 15) is 0 Å². The Bertz CT molecular complexity index is 731. The van der Waals surface area contributed by atoms with Gasteiger partial charge in [0.15, 0.2) is 0 Å². The minimum atomic E-state index is 1.12. The summed E-state index contributed by atoms with van der Waals surface area (Å²) in [6.07, 6.45) is 0. The second-order valence-corrected chi connectivity index (χ2v) is 6.94. The van der Waals surface area contributed by atoms with Gasteiger partial charge in [0, 0.05) is 22.7 Å². The number of rotatable bonds is 4. The molecule has 0 saturated heterocycles. The molecule has 0 saturated carbocycles. The lowest BCUT2D eigenvalue weighted by Crippen LogP contribution is -1.87. The summed E-state index contributed by atoms with van der Waals surface area (Å²) in [4.78, 5) is 0. The number of hydrogen-bond donors (Lipinski definition) is 2. The van der Waals surface area contributed by atoms with Crippen LogP contribution >= 0.6 is 0 Å². The van der Waals surface area contributed by atoms with Crippen molar-refractivity contribution in [1.82, 2.24) is 0 Å². The summed E-state index contributed by atoms with van der Waals surface area (Å²) < 4.78 is 0. The van der Waals surface area contributed by atoms with Crippen molar-refractivity contribution in [2.45, 2.75) is 12.2 Å². The molecule has 2 N–H and O–H groups in total. The molecular weight excluding hydrogens is 367 g/mol. The highest BCUT2D eigenvalue weighted by Crippen LogP contribution is 2.15. The molecular formula is C26H27AlN2. The Balaban J connectivity index is 0.000000183. The molecule has 0 aliphatic heterocycles. The van der Waals surface area contributed by atoms with Gasteiger partial charge in [-0.3, -0.25) is 0 Å². The van der Waals surface area contributed by atoms with E-state index < -0.39 is 0 Å². The largest absolute Gasteiger partial charge is 0.356 e. The molecule has 0 bridgehead atoms. The van der Waals surface area contributed by atoms with Crippen molar-refractivity contribution in [3.05, 3.63) is 121 Å². The lowest BCUT2D eigenvalue weighted by atomic mass is 10.3. The zero-order valence-corrected chi connectivity index (χ0v) is 18.0. The summed E-state index contributed by atoms with van der Waals surface area (Å²) in [6.45, 7) is 2.09. The molecule has 0 atom stereocenters. The van der Waals surface area contributed by atoms with Crippen molar-refractivity contribution >= 4 is 39.0 Å². The van der Waals surface area contributed by atoms with E-state index in [-0.39, 0.29) is 0 Å². The summed E-state index contributed by atoms with van der Waals surface area (Å²) in [5.74, 6) is 0. The van der Waals surface area contributed by atoms with Crippen LogP contribution in [-0.4, -0.2) is 16.3 Å². The number of anilines is 4. The maximum Gasteiger partial charge on any atom is 0.117 e. The Morgan fingerprint density at radius 2 is 0.621 bits per heavy atom. The predicted molar refractivity (Wildman–Crippen MR) is 129 cm³/mol. The van der Waals surface area contributed by atoms with Crippen LogP contribution in [0.1, 0.15) is 6.92 Å². The normalized spacial score (nSPS) is 9.14. The molecule has 0 aliphatic rings. The number of benzene rings is 4. The van der Waals surface area contributed by atoms with Crippen LogP contribution in [0.3, 0.4) is 0 Å². The van der Waals surface area contributed by atoms with Crippen LogP contribution in [-0.2, 0) is 0 Å². The van der Waals surface area contributed by atoms with Gasteiger partial charge in [-0.25, -0.2) is 0 Å². The molecule has 144 valence electrons. The van der Waals surface area contributed by atoms with Crippen LogP contribution in [0.2, 0.25) is 5.28 Å². The zero-order chi connectivity index (χ0) is 20.6. The van der Waals surface area contributed by atoms with Crippen molar-refractivity contribution in [1.29, 1.82) is 0 Å². The smallest absolute Gasteiger partial charge is 0.117 e. The number of hydrogen-bond acceptors (Lipinski definition) is 2. The van der Waals surface area contributed by atoms with Crippen LogP contribution in [0.25, 0.3) is 0 Å². The highest BCUT2D eigenvalue weighted by molar-refractivity contribution is 6.08. The van der Waals surface area contributed by atoms with Crippen LogP contribution in [0.4, 0.5) is 22.7 Å². The molecule has 0 unspecified atom stereocenters. The molecule has 0 amide bonds. The molecule has 2 nitrogen and oxygen atoms in total. The predicted octanol–water partition coefficient (Wildman–Crippen LogP) is 7.45. The first-order valence-corrected chi connectivity index (χ1v) is 10.6. The SMILES string of the molecule is C[CH2][Al].c1ccc(Nc2ccccc2)cc1.c1ccc(Nc2ccccc2)cc1. The van der Waals surface area contributed by atoms with Gasteiger partial charge in [-0.2, -0.15) is 0 Å². The van der Waals surface area contributed by atoms with Gasteiger partial charge < -0.3 is 10.6 Å². The quantitative estimate of drug-likeness (QED) is 0.351. The Labute approximate surface area is 183 Å². The minimum Gasteiger partial charge on any atom is -0.356 e. The lowest BCUT2D eigenvalue weighted by molar-refractivity contribution is 1.48. The van der Waals surface area contributed by atoms with Gasteiger partial charge in [0.2, 0.25) is 0 Å². The zero-order valence-electron chi connectivity index (χ0n) is 16.8. The van der Waals surface area contributed by atoms with Gasteiger partial charge in [-0.05, 0) is 48.5 Å². The van der Waals surface area contributed by atoms with Crippen molar-refractivity contribution in [3.63, 3.8) is 0 Å². The van der Waals surface area contributed by atoms with Crippen molar-refractivity contribution < 1.29 is 0 Å². The van der Waals surface area contributed by atoms with E-state index >= 15 is 0 Å². The average molecular weight is 394 g/mol. The number of para-hydroxylation sites is 4. The van der Waals surface area contributed by atoms with E-state index in [1.807, 2.05) is 121 Å². The molecule has 0 aliphatic carbocycles. The van der Waals surface area contributed by atoms with Crippen LogP contribution in [0, 0.1) is 0 Å². The summed E-state index contributed by atoms with van der Waals surface area (Å²) in [5, 5.41) is 7.77. The Morgan fingerprint density at radius 1 is 0.448 bits per heavy atom. The maximum absolute atomic E-state index is 3.30. The molecule has 29 heavy (non-hydrogen) atoms. The summed E-state index contributed by atoms with van der Waals surface area (Å²) in [6, 6.07) is 40.6. The maximum atomic E-state index is 3.30. The first kappa shape index (κ1) is 22.3. The van der Waals surface area contributed by atoms with E-state index in [4.69, 9.17) is 0 Å². The third-order valence-corrected chi connectivity index (χ3v) is 3.67. The van der Waals surface area contributed by atoms with E-state index in [0.717, 1.165) is 22.7 Å². The second kappa shape index (κ2) is 14.1. The van der Waals surface area contributed by atoms with E-state index in [1.54, 1.807) is 0 Å². The fourth-order valence-electron chi connectivity index (χ4n) is 2.42. The molecule has 2 radical (unpaired) electrons. The topological polar surface area (TPSA) is 24.1 Å². The minimum absolute atomic E-state index is 1.12. The Kier molecular flexibility index (Phi) is 10.8. The summed E-state index contributed by atoms with van der Waals surface area (Å²) in [5.41, 5.74) is 4.48. The third kappa shape index (κ3) is 9.67. The molecule has 0 aromatic heterocycles. The van der Waals surface area contributed by atoms with Gasteiger partial charge in [0.05, 0.1) is 0 Å². The lowest BCUT2D eigenvalue weighted by Gasteiger charge is -2.04. The monoisotopic (exact) mass is 394 g/mol.